The van der Waals surface area contributed by atoms with E-state index in [0.29, 0.717) is 11.4 Å². The van der Waals surface area contributed by atoms with Gasteiger partial charge in [-0.05, 0) is 33.1 Å². The zero-order valence-electron chi connectivity index (χ0n) is 12.7. The van der Waals surface area contributed by atoms with E-state index in [0.717, 1.165) is 19.3 Å². The molecule has 0 aromatic carbocycles. The van der Waals surface area contributed by atoms with Crippen LogP contribution < -0.4 is 4.72 Å². The average Bonchev–Trinajstić information content (AvgIpc) is 2.64. The van der Waals surface area contributed by atoms with E-state index in [1.54, 1.807) is 21.0 Å². The first-order valence-electron chi connectivity index (χ1n) is 7.05. The van der Waals surface area contributed by atoms with Gasteiger partial charge in [-0.25, -0.2) is 13.1 Å². The Kier molecular flexibility index (Phi) is 4.72. The van der Waals surface area contributed by atoms with E-state index >= 15 is 0 Å². The second kappa shape index (κ2) is 6.04. The van der Waals surface area contributed by atoms with Gasteiger partial charge in [0.1, 0.15) is 4.90 Å². The summed E-state index contributed by atoms with van der Waals surface area (Å²) in [5, 5.41) is 13.2. The predicted molar refractivity (Wildman–Crippen MR) is 77.6 cm³/mol. The van der Waals surface area contributed by atoms with Gasteiger partial charge in [0.15, 0.2) is 0 Å². The van der Waals surface area contributed by atoms with Crippen LogP contribution in [0.5, 0.6) is 0 Å². The van der Waals surface area contributed by atoms with Gasteiger partial charge in [0.25, 0.3) is 0 Å². The molecule has 1 saturated carbocycles. The van der Waals surface area contributed by atoms with Gasteiger partial charge in [0.2, 0.25) is 10.0 Å². The fraction of sp³-hybridized carbons (Fsp3) is 0.769. The van der Waals surface area contributed by atoms with Gasteiger partial charge in [0, 0.05) is 13.7 Å². The molecule has 1 aliphatic carbocycles. The third-order valence-electron chi connectivity index (χ3n) is 4.18. The topological polar surface area (TPSA) is 93.5 Å². The number of hydrogen-bond acceptors (Lipinski definition) is 5. The number of rotatable bonds is 7. The molecule has 0 amide bonds. The molecule has 0 radical (unpaired) electrons. The summed E-state index contributed by atoms with van der Waals surface area (Å²) >= 11 is 0. The lowest BCUT2D eigenvalue weighted by atomic mass is 9.80. The summed E-state index contributed by atoms with van der Waals surface area (Å²) in [4.78, 5) is 0.196. The highest BCUT2D eigenvalue weighted by atomic mass is 32.2. The Morgan fingerprint density at radius 1 is 1.43 bits per heavy atom. The van der Waals surface area contributed by atoms with E-state index in [1.807, 2.05) is 0 Å². The van der Waals surface area contributed by atoms with Crippen LogP contribution in [0.2, 0.25) is 0 Å². The van der Waals surface area contributed by atoms with Gasteiger partial charge in [-0.1, -0.05) is 0 Å². The van der Waals surface area contributed by atoms with Crippen molar-refractivity contribution in [2.45, 2.75) is 50.2 Å². The van der Waals surface area contributed by atoms with Crippen molar-refractivity contribution in [3.05, 3.63) is 11.4 Å². The summed E-state index contributed by atoms with van der Waals surface area (Å²) in [6, 6.07) is 0. The molecule has 1 aromatic rings. The molecule has 0 spiro atoms. The largest absolute Gasteiger partial charge is 0.394 e. The minimum absolute atomic E-state index is 0.0817. The lowest BCUT2D eigenvalue weighted by Gasteiger charge is -2.40. The van der Waals surface area contributed by atoms with Crippen molar-refractivity contribution in [1.29, 1.82) is 0 Å². The maximum Gasteiger partial charge on any atom is 0.244 e. The molecule has 120 valence electrons. The highest BCUT2D eigenvalue weighted by molar-refractivity contribution is 7.89. The number of aliphatic hydroxyl groups is 1. The summed E-state index contributed by atoms with van der Waals surface area (Å²) in [7, 11) is -2.02. The molecule has 1 aliphatic rings. The molecule has 2 N–H and O–H groups in total. The number of sulfonamides is 1. The molecule has 0 aliphatic heterocycles. The number of aromatic nitrogens is 2. The summed E-state index contributed by atoms with van der Waals surface area (Å²) in [5.41, 5.74) is 0.610. The Balaban J connectivity index is 2.19. The van der Waals surface area contributed by atoms with Gasteiger partial charge >= 0.3 is 0 Å². The van der Waals surface area contributed by atoms with Crippen LogP contribution in [0.4, 0.5) is 0 Å². The number of nitrogens with zero attached hydrogens (tertiary/aromatic N) is 2. The minimum atomic E-state index is -3.63. The maximum atomic E-state index is 12.5. The fourth-order valence-electron chi connectivity index (χ4n) is 2.70. The van der Waals surface area contributed by atoms with E-state index in [9.17, 15) is 8.42 Å². The van der Waals surface area contributed by atoms with E-state index in [2.05, 4.69) is 9.82 Å². The molecular formula is C13H23N3O4S. The highest BCUT2D eigenvalue weighted by Crippen LogP contribution is 2.34. The predicted octanol–water partition coefficient (Wildman–Crippen LogP) is 0.340. The fourth-order valence-corrected chi connectivity index (χ4v) is 4.23. The van der Waals surface area contributed by atoms with E-state index in [1.165, 1.54) is 4.68 Å². The minimum Gasteiger partial charge on any atom is -0.394 e. The summed E-state index contributed by atoms with van der Waals surface area (Å²) < 4.78 is 34.6. The van der Waals surface area contributed by atoms with Crippen LogP contribution in [-0.4, -0.2) is 49.2 Å². The smallest absolute Gasteiger partial charge is 0.244 e. The standard InChI is InChI=1S/C13H23N3O4S/c1-10-12(11(2)16(15-10)7-8-17)21(18,19)14-9-13(20-3)5-4-6-13/h14,17H,4-9H2,1-3H3. The van der Waals surface area contributed by atoms with Crippen molar-refractivity contribution in [2.24, 2.45) is 0 Å². The zero-order chi connectivity index (χ0) is 15.7. The molecule has 2 rings (SSSR count). The second-order valence-electron chi connectivity index (χ2n) is 5.51. The monoisotopic (exact) mass is 317 g/mol. The van der Waals surface area contributed by atoms with Crippen molar-refractivity contribution in [3.63, 3.8) is 0 Å². The normalized spacial score (nSPS) is 17.7. The number of methoxy groups -OCH3 is 1. The average molecular weight is 317 g/mol. The third kappa shape index (κ3) is 3.13. The van der Waals surface area contributed by atoms with Gasteiger partial charge in [0.05, 0.1) is 30.1 Å². The number of aryl methyl sites for hydroxylation is 1. The second-order valence-corrected chi connectivity index (χ2v) is 7.22. The Morgan fingerprint density at radius 2 is 2.10 bits per heavy atom. The maximum absolute atomic E-state index is 12.5. The molecule has 21 heavy (non-hydrogen) atoms. The van der Waals surface area contributed by atoms with Gasteiger partial charge in [-0.3, -0.25) is 4.68 Å². The SMILES string of the molecule is COC1(CNS(=O)(=O)c2c(C)nn(CCO)c2C)CCC1. The molecular weight excluding hydrogens is 294 g/mol. The Bertz CT molecular complexity index is 600. The van der Waals surface area contributed by atoms with Gasteiger partial charge < -0.3 is 9.84 Å². The van der Waals surface area contributed by atoms with Crippen molar-refractivity contribution >= 4 is 10.0 Å². The Hall–Kier alpha value is -0.960. The van der Waals surface area contributed by atoms with E-state index < -0.39 is 10.0 Å². The first-order chi connectivity index (χ1) is 9.85. The van der Waals surface area contributed by atoms with E-state index in [4.69, 9.17) is 9.84 Å². The molecule has 0 unspecified atom stereocenters. The van der Waals surface area contributed by atoms with Crippen molar-refractivity contribution < 1.29 is 18.3 Å². The van der Waals surface area contributed by atoms with Crippen LogP contribution in [0.25, 0.3) is 0 Å². The number of hydrogen-bond donors (Lipinski definition) is 2. The molecule has 1 fully saturated rings. The van der Waals surface area contributed by atoms with Crippen LogP contribution >= 0.6 is 0 Å². The molecule has 0 bridgehead atoms. The Labute approximate surface area is 125 Å². The van der Waals surface area contributed by atoms with E-state index in [-0.39, 0.29) is 30.2 Å². The number of ether oxygens (including phenoxy) is 1. The molecule has 7 nitrogen and oxygen atoms in total. The molecule has 8 heteroatoms. The van der Waals surface area contributed by atoms with Crippen LogP contribution in [0.15, 0.2) is 4.90 Å². The Morgan fingerprint density at radius 3 is 2.57 bits per heavy atom. The van der Waals surface area contributed by atoms with Crippen molar-refractivity contribution in [3.8, 4) is 0 Å². The van der Waals surface area contributed by atoms with Crippen molar-refractivity contribution in [1.82, 2.24) is 14.5 Å². The van der Waals surface area contributed by atoms with Crippen LogP contribution in [-0.2, 0) is 21.3 Å². The van der Waals surface area contributed by atoms with Gasteiger partial charge in [-0.15, -0.1) is 0 Å². The number of aliphatic hydroxyl groups excluding tert-OH is 1. The van der Waals surface area contributed by atoms with Crippen LogP contribution in [0.3, 0.4) is 0 Å². The van der Waals surface area contributed by atoms with Gasteiger partial charge in [-0.2, -0.15) is 5.10 Å². The lowest BCUT2D eigenvalue weighted by Crippen LogP contribution is -2.49. The first kappa shape index (κ1) is 16.4. The molecule has 1 heterocycles. The summed E-state index contributed by atoms with van der Waals surface area (Å²) in [6.45, 7) is 3.83. The zero-order valence-corrected chi connectivity index (χ0v) is 13.5. The quantitative estimate of drug-likeness (QED) is 0.756. The third-order valence-corrected chi connectivity index (χ3v) is 5.83. The summed E-state index contributed by atoms with van der Waals surface area (Å²) in [6.07, 6.45) is 2.80. The molecule has 1 aromatic heterocycles. The van der Waals surface area contributed by atoms with Crippen LogP contribution in [0.1, 0.15) is 30.7 Å². The first-order valence-corrected chi connectivity index (χ1v) is 8.53. The molecule has 0 atom stereocenters. The molecule has 0 saturated heterocycles. The lowest BCUT2D eigenvalue weighted by molar-refractivity contribution is -0.0659. The highest BCUT2D eigenvalue weighted by Gasteiger charge is 2.38. The van der Waals surface area contributed by atoms with Crippen molar-refractivity contribution in [2.75, 3.05) is 20.3 Å². The summed E-state index contributed by atoms with van der Waals surface area (Å²) in [5.74, 6) is 0. The van der Waals surface area contributed by atoms with Crippen LogP contribution in [0, 0.1) is 13.8 Å². The number of nitrogens with one attached hydrogen (secondary N) is 1.